The standard InChI is InChI=1S/C15H20O7/c1-12(16)21-10-8-19-6-7-20-9-11-22-14-4-2-13(3-5-14)15(17)18/h2-5H,6-11H2,1H3,(H,17,18). The lowest BCUT2D eigenvalue weighted by atomic mass is 10.2. The first-order valence-corrected chi connectivity index (χ1v) is 6.84. The van der Waals surface area contributed by atoms with Crippen molar-refractivity contribution in [3.05, 3.63) is 29.8 Å². The first kappa shape index (κ1) is 17.9. The lowest BCUT2D eigenvalue weighted by molar-refractivity contribution is -0.142. The van der Waals surface area contributed by atoms with Crippen LogP contribution in [0.25, 0.3) is 0 Å². The summed E-state index contributed by atoms with van der Waals surface area (Å²) in [4.78, 5) is 21.1. The van der Waals surface area contributed by atoms with Crippen LogP contribution >= 0.6 is 0 Å². The van der Waals surface area contributed by atoms with Gasteiger partial charge in [0.25, 0.3) is 0 Å². The number of carbonyl (C=O) groups excluding carboxylic acids is 1. The number of carboxylic acid groups (broad SMARTS) is 1. The molecule has 1 aromatic carbocycles. The molecular formula is C15H20O7. The third-order valence-electron chi connectivity index (χ3n) is 2.50. The molecule has 0 bridgehead atoms. The van der Waals surface area contributed by atoms with Crippen molar-refractivity contribution in [2.24, 2.45) is 0 Å². The summed E-state index contributed by atoms with van der Waals surface area (Å²) in [7, 11) is 0. The second-order valence-corrected chi connectivity index (χ2v) is 4.24. The van der Waals surface area contributed by atoms with Crippen molar-refractivity contribution in [3.63, 3.8) is 0 Å². The van der Waals surface area contributed by atoms with E-state index in [-0.39, 0.29) is 18.1 Å². The number of carboxylic acids is 1. The minimum atomic E-state index is -0.969. The molecule has 1 N–H and O–H groups in total. The molecule has 0 aliphatic carbocycles. The number of hydrogen-bond acceptors (Lipinski definition) is 6. The molecule has 7 heteroatoms. The van der Waals surface area contributed by atoms with Gasteiger partial charge in [-0.05, 0) is 24.3 Å². The number of ether oxygens (including phenoxy) is 4. The normalized spacial score (nSPS) is 10.2. The molecule has 0 radical (unpaired) electrons. The van der Waals surface area contributed by atoms with Gasteiger partial charge >= 0.3 is 11.9 Å². The molecule has 0 fully saturated rings. The fourth-order valence-electron chi connectivity index (χ4n) is 1.48. The quantitative estimate of drug-likeness (QED) is 0.487. The summed E-state index contributed by atoms with van der Waals surface area (Å²) in [6.07, 6.45) is 0. The van der Waals surface area contributed by atoms with E-state index in [0.717, 1.165) is 0 Å². The Morgan fingerprint density at radius 1 is 0.909 bits per heavy atom. The van der Waals surface area contributed by atoms with Gasteiger partial charge < -0.3 is 24.1 Å². The molecule has 0 amide bonds. The van der Waals surface area contributed by atoms with Crippen molar-refractivity contribution in [1.82, 2.24) is 0 Å². The van der Waals surface area contributed by atoms with E-state index >= 15 is 0 Å². The van der Waals surface area contributed by atoms with E-state index in [0.29, 0.717) is 38.8 Å². The molecule has 122 valence electrons. The zero-order valence-corrected chi connectivity index (χ0v) is 12.4. The second kappa shape index (κ2) is 10.6. The summed E-state index contributed by atoms with van der Waals surface area (Å²) >= 11 is 0. The van der Waals surface area contributed by atoms with Crippen molar-refractivity contribution in [3.8, 4) is 5.75 Å². The number of rotatable bonds is 11. The number of esters is 1. The van der Waals surface area contributed by atoms with E-state index in [1.807, 2.05) is 0 Å². The van der Waals surface area contributed by atoms with Gasteiger partial charge in [0.1, 0.15) is 19.0 Å². The Hall–Kier alpha value is -2.12. The first-order chi connectivity index (χ1) is 10.6. The Morgan fingerprint density at radius 2 is 1.45 bits per heavy atom. The highest BCUT2D eigenvalue weighted by atomic mass is 16.6. The maximum atomic E-state index is 10.7. The lowest BCUT2D eigenvalue weighted by Crippen LogP contribution is -2.13. The fraction of sp³-hybridized carbons (Fsp3) is 0.467. The third-order valence-corrected chi connectivity index (χ3v) is 2.50. The Bertz CT molecular complexity index is 455. The second-order valence-electron chi connectivity index (χ2n) is 4.24. The molecule has 0 aliphatic rings. The van der Waals surface area contributed by atoms with Gasteiger partial charge in [0.05, 0.1) is 32.0 Å². The van der Waals surface area contributed by atoms with E-state index in [1.54, 1.807) is 12.1 Å². The molecule has 0 saturated heterocycles. The SMILES string of the molecule is CC(=O)OCCOCCOCCOc1ccc(C(=O)O)cc1. The van der Waals surface area contributed by atoms with Crippen LogP contribution in [0.1, 0.15) is 17.3 Å². The predicted octanol–water partition coefficient (Wildman–Crippen LogP) is 1.36. The fourth-order valence-corrected chi connectivity index (χ4v) is 1.48. The van der Waals surface area contributed by atoms with Crippen molar-refractivity contribution >= 4 is 11.9 Å². The average molecular weight is 312 g/mol. The van der Waals surface area contributed by atoms with E-state index in [2.05, 4.69) is 0 Å². The highest BCUT2D eigenvalue weighted by molar-refractivity contribution is 5.87. The van der Waals surface area contributed by atoms with E-state index in [4.69, 9.17) is 24.1 Å². The Labute approximate surface area is 128 Å². The van der Waals surface area contributed by atoms with Crippen LogP contribution < -0.4 is 4.74 Å². The molecule has 0 aromatic heterocycles. The van der Waals surface area contributed by atoms with Crippen LogP contribution in [0.2, 0.25) is 0 Å². The van der Waals surface area contributed by atoms with Gasteiger partial charge in [0.2, 0.25) is 0 Å². The molecule has 7 nitrogen and oxygen atoms in total. The lowest BCUT2D eigenvalue weighted by Gasteiger charge is -2.08. The number of aromatic carboxylic acids is 1. The van der Waals surface area contributed by atoms with Crippen molar-refractivity contribution < 1.29 is 33.6 Å². The largest absolute Gasteiger partial charge is 0.491 e. The third kappa shape index (κ3) is 8.23. The Kier molecular flexibility index (Phi) is 8.63. The van der Waals surface area contributed by atoms with Gasteiger partial charge in [-0.25, -0.2) is 4.79 Å². The van der Waals surface area contributed by atoms with Gasteiger partial charge in [-0.2, -0.15) is 0 Å². The van der Waals surface area contributed by atoms with Crippen LogP contribution in [0, 0.1) is 0 Å². The number of hydrogen-bond donors (Lipinski definition) is 1. The summed E-state index contributed by atoms with van der Waals surface area (Å²) < 4.78 is 20.6. The summed E-state index contributed by atoms with van der Waals surface area (Å²) in [6, 6.07) is 6.16. The van der Waals surface area contributed by atoms with Gasteiger partial charge in [-0.15, -0.1) is 0 Å². The maximum absolute atomic E-state index is 10.7. The molecule has 22 heavy (non-hydrogen) atoms. The highest BCUT2D eigenvalue weighted by Gasteiger charge is 2.01. The molecule has 0 heterocycles. The van der Waals surface area contributed by atoms with Crippen LogP contribution in [-0.2, 0) is 19.0 Å². The molecule has 0 aliphatic heterocycles. The monoisotopic (exact) mass is 312 g/mol. The summed E-state index contributed by atoms with van der Waals surface area (Å²) in [5.41, 5.74) is 0.217. The predicted molar refractivity (Wildman–Crippen MR) is 77.2 cm³/mol. The molecule has 1 aromatic rings. The van der Waals surface area contributed by atoms with Crippen molar-refractivity contribution in [2.45, 2.75) is 6.92 Å². The highest BCUT2D eigenvalue weighted by Crippen LogP contribution is 2.11. The Balaban J connectivity index is 1.97. The molecule has 0 saturated carbocycles. The molecule has 0 unspecified atom stereocenters. The van der Waals surface area contributed by atoms with Gasteiger partial charge in [-0.1, -0.05) is 0 Å². The van der Waals surface area contributed by atoms with Crippen LogP contribution in [0.3, 0.4) is 0 Å². The van der Waals surface area contributed by atoms with E-state index in [1.165, 1.54) is 19.1 Å². The topological polar surface area (TPSA) is 91.3 Å². The van der Waals surface area contributed by atoms with Gasteiger partial charge in [0, 0.05) is 6.92 Å². The van der Waals surface area contributed by atoms with Gasteiger partial charge in [0.15, 0.2) is 0 Å². The minimum Gasteiger partial charge on any atom is -0.491 e. The first-order valence-electron chi connectivity index (χ1n) is 6.84. The minimum absolute atomic E-state index is 0.217. The van der Waals surface area contributed by atoms with Crippen molar-refractivity contribution in [1.29, 1.82) is 0 Å². The van der Waals surface area contributed by atoms with Crippen molar-refractivity contribution in [2.75, 3.05) is 39.6 Å². The zero-order chi connectivity index (χ0) is 16.2. The van der Waals surface area contributed by atoms with Gasteiger partial charge in [-0.3, -0.25) is 4.79 Å². The van der Waals surface area contributed by atoms with Crippen LogP contribution in [0.4, 0.5) is 0 Å². The molecule has 0 spiro atoms. The molecule has 0 atom stereocenters. The molecular weight excluding hydrogens is 292 g/mol. The van der Waals surface area contributed by atoms with Crippen LogP contribution in [0.5, 0.6) is 5.75 Å². The molecule has 1 rings (SSSR count). The number of benzene rings is 1. The summed E-state index contributed by atoms with van der Waals surface area (Å²) in [5.74, 6) is -0.705. The maximum Gasteiger partial charge on any atom is 0.335 e. The van der Waals surface area contributed by atoms with E-state index < -0.39 is 5.97 Å². The van der Waals surface area contributed by atoms with Crippen LogP contribution in [0.15, 0.2) is 24.3 Å². The number of carbonyl (C=O) groups is 2. The van der Waals surface area contributed by atoms with Crippen LogP contribution in [-0.4, -0.2) is 56.7 Å². The summed E-state index contributed by atoms with van der Waals surface area (Å²) in [5, 5.41) is 8.76. The summed E-state index contributed by atoms with van der Waals surface area (Å²) in [6.45, 7) is 3.52. The van der Waals surface area contributed by atoms with E-state index in [9.17, 15) is 9.59 Å². The zero-order valence-electron chi connectivity index (χ0n) is 12.4. The Morgan fingerprint density at radius 3 is 2.00 bits per heavy atom. The smallest absolute Gasteiger partial charge is 0.335 e. The average Bonchev–Trinajstić information content (AvgIpc) is 2.49.